The van der Waals surface area contributed by atoms with Crippen LogP contribution in [0.3, 0.4) is 0 Å². The number of para-hydroxylation sites is 1. The van der Waals surface area contributed by atoms with E-state index < -0.39 is 21.9 Å². The van der Waals surface area contributed by atoms with Crippen LogP contribution in [0.25, 0.3) is 0 Å². The van der Waals surface area contributed by atoms with E-state index in [9.17, 15) is 17.6 Å². The molecule has 0 aliphatic rings. The number of anilines is 2. The number of halogens is 1. The van der Waals surface area contributed by atoms with Crippen molar-refractivity contribution in [2.24, 2.45) is 0 Å². The number of benzene rings is 3. The minimum absolute atomic E-state index is 0.0115. The summed E-state index contributed by atoms with van der Waals surface area (Å²) in [7, 11) is -3.84. The maximum atomic E-state index is 13.0. The molecule has 0 bridgehead atoms. The minimum Gasteiger partial charge on any atom is -0.481 e. The lowest BCUT2D eigenvalue weighted by molar-refractivity contribution is -0.122. The summed E-state index contributed by atoms with van der Waals surface area (Å²) in [6.07, 6.45) is -0.217. The molecule has 0 aliphatic heterocycles. The molecule has 0 unspecified atom stereocenters. The molecule has 156 valence electrons. The van der Waals surface area contributed by atoms with Crippen LogP contribution in [-0.4, -0.2) is 20.4 Å². The average molecular weight is 428 g/mol. The van der Waals surface area contributed by atoms with Crippen molar-refractivity contribution in [3.05, 3.63) is 84.7 Å². The maximum absolute atomic E-state index is 13.0. The predicted octanol–water partition coefficient (Wildman–Crippen LogP) is 4.42. The molecule has 0 heterocycles. The lowest BCUT2D eigenvalue weighted by Crippen LogP contribution is -2.32. The van der Waals surface area contributed by atoms with Gasteiger partial charge in [-0.1, -0.05) is 25.1 Å². The molecule has 0 saturated carbocycles. The van der Waals surface area contributed by atoms with Crippen LogP contribution >= 0.6 is 0 Å². The van der Waals surface area contributed by atoms with Crippen molar-refractivity contribution in [3.8, 4) is 5.75 Å². The van der Waals surface area contributed by atoms with Crippen LogP contribution in [0.15, 0.2) is 83.8 Å². The van der Waals surface area contributed by atoms with Gasteiger partial charge in [-0.3, -0.25) is 9.52 Å². The van der Waals surface area contributed by atoms with Crippen LogP contribution in [0.5, 0.6) is 5.75 Å². The summed E-state index contributed by atoms with van der Waals surface area (Å²) in [6, 6.07) is 19.8. The van der Waals surface area contributed by atoms with E-state index in [0.29, 0.717) is 17.9 Å². The summed E-state index contributed by atoms with van der Waals surface area (Å²) < 4.78 is 46.0. The fourth-order valence-electron chi connectivity index (χ4n) is 2.66. The molecule has 0 radical (unpaired) electrons. The smallest absolute Gasteiger partial charge is 0.265 e. The van der Waals surface area contributed by atoms with Crippen LogP contribution in [-0.2, 0) is 14.8 Å². The van der Waals surface area contributed by atoms with Crippen molar-refractivity contribution < 1.29 is 22.3 Å². The van der Waals surface area contributed by atoms with E-state index >= 15 is 0 Å². The second kappa shape index (κ2) is 9.41. The van der Waals surface area contributed by atoms with Crippen LogP contribution in [0.1, 0.15) is 13.3 Å². The van der Waals surface area contributed by atoms with Crippen molar-refractivity contribution >= 4 is 27.3 Å². The number of carbonyl (C=O) groups excluding carboxylic acids is 1. The zero-order valence-corrected chi connectivity index (χ0v) is 17.0. The van der Waals surface area contributed by atoms with Gasteiger partial charge in [0.05, 0.1) is 4.90 Å². The van der Waals surface area contributed by atoms with Crippen LogP contribution < -0.4 is 14.8 Å². The summed E-state index contributed by atoms with van der Waals surface area (Å²) in [6.45, 7) is 1.84. The number of ether oxygens (including phenoxy) is 1. The van der Waals surface area contributed by atoms with E-state index in [4.69, 9.17) is 4.74 Å². The third-order valence-corrected chi connectivity index (χ3v) is 5.61. The predicted molar refractivity (Wildman–Crippen MR) is 113 cm³/mol. The number of rotatable bonds is 8. The Morgan fingerprint density at radius 1 is 0.933 bits per heavy atom. The molecule has 2 N–H and O–H groups in total. The van der Waals surface area contributed by atoms with Crippen molar-refractivity contribution in [1.82, 2.24) is 0 Å². The van der Waals surface area contributed by atoms with Gasteiger partial charge in [0.1, 0.15) is 11.6 Å². The Balaban J connectivity index is 1.65. The Morgan fingerprint density at radius 2 is 1.53 bits per heavy atom. The quantitative estimate of drug-likeness (QED) is 0.556. The largest absolute Gasteiger partial charge is 0.481 e. The van der Waals surface area contributed by atoms with Gasteiger partial charge < -0.3 is 10.1 Å². The molecule has 0 spiro atoms. The number of carbonyl (C=O) groups is 1. The molecule has 0 fully saturated rings. The molecule has 3 aromatic carbocycles. The first-order valence-corrected chi connectivity index (χ1v) is 10.8. The van der Waals surface area contributed by atoms with Gasteiger partial charge in [0.25, 0.3) is 15.9 Å². The Hall–Kier alpha value is -3.39. The Morgan fingerprint density at radius 3 is 2.13 bits per heavy atom. The fourth-order valence-corrected chi connectivity index (χ4v) is 3.72. The Kier molecular flexibility index (Phi) is 6.68. The molecule has 3 rings (SSSR count). The molecule has 6 nitrogen and oxygen atoms in total. The van der Waals surface area contributed by atoms with Gasteiger partial charge >= 0.3 is 0 Å². The van der Waals surface area contributed by atoms with Crippen molar-refractivity contribution in [2.45, 2.75) is 24.3 Å². The summed E-state index contributed by atoms with van der Waals surface area (Å²) in [5.41, 5.74) is 0.688. The van der Waals surface area contributed by atoms with Crippen molar-refractivity contribution in [1.29, 1.82) is 0 Å². The van der Waals surface area contributed by atoms with Crippen molar-refractivity contribution in [3.63, 3.8) is 0 Å². The summed E-state index contributed by atoms with van der Waals surface area (Å²) >= 11 is 0. The van der Waals surface area contributed by atoms with Crippen LogP contribution in [0, 0.1) is 5.82 Å². The average Bonchev–Trinajstić information content (AvgIpc) is 2.74. The van der Waals surface area contributed by atoms with Gasteiger partial charge in [0, 0.05) is 11.4 Å². The lowest BCUT2D eigenvalue weighted by Gasteiger charge is -2.17. The highest BCUT2D eigenvalue weighted by Gasteiger charge is 2.19. The standard InChI is InChI=1S/C22H21FN2O4S/c1-2-21(29-19-6-4-3-5-7-19)22(26)24-17-12-14-20(15-13-17)30(27,28)25-18-10-8-16(23)9-11-18/h3-15,21,25H,2H2,1H3,(H,24,26)/t21-/m1/s1. The SMILES string of the molecule is CC[C@@H](Oc1ccccc1)C(=O)Nc1ccc(S(=O)(=O)Nc2ccc(F)cc2)cc1. The Bertz CT molecular complexity index is 1090. The van der Waals surface area contributed by atoms with Gasteiger partial charge in [-0.05, 0) is 67.1 Å². The first-order valence-electron chi connectivity index (χ1n) is 9.28. The monoisotopic (exact) mass is 428 g/mol. The molecule has 3 aromatic rings. The van der Waals surface area contributed by atoms with E-state index in [1.54, 1.807) is 12.1 Å². The van der Waals surface area contributed by atoms with E-state index in [2.05, 4.69) is 10.0 Å². The number of nitrogens with one attached hydrogen (secondary N) is 2. The summed E-state index contributed by atoms with van der Waals surface area (Å²) in [4.78, 5) is 12.5. The van der Waals surface area contributed by atoms with Gasteiger partial charge in [0.15, 0.2) is 6.10 Å². The highest BCUT2D eigenvalue weighted by Crippen LogP contribution is 2.19. The van der Waals surface area contributed by atoms with Gasteiger partial charge in [-0.2, -0.15) is 0 Å². The maximum Gasteiger partial charge on any atom is 0.265 e. The molecule has 8 heteroatoms. The number of amides is 1. The molecule has 30 heavy (non-hydrogen) atoms. The van der Waals surface area contributed by atoms with Gasteiger partial charge in [-0.15, -0.1) is 0 Å². The second-order valence-electron chi connectivity index (χ2n) is 6.45. The summed E-state index contributed by atoms with van der Waals surface area (Å²) in [5.74, 6) is -0.200. The number of hydrogen-bond donors (Lipinski definition) is 2. The highest BCUT2D eigenvalue weighted by atomic mass is 32.2. The fraction of sp³-hybridized carbons (Fsp3) is 0.136. The van der Waals surface area contributed by atoms with Gasteiger partial charge in [-0.25, -0.2) is 12.8 Å². The topological polar surface area (TPSA) is 84.5 Å². The second-order valence-corrected chi connectivity index (χ2v) is 8.14. The molecule has 1 atom stereocenters. The zero-order chi connectivity index (χ0) is 21.6. The molecule has 0 saturated heterocycles. The number of hydrogen-bond acceptors (Lipinski definition) is 4. The van der Waals surface area contributed by atoms with E-state index in [1.807, 2.05) is 25.1 Å². The van der Waals surface area contributed by atoms with E-state index in [1.165, 1.54) is 36.4 Å². The highest BCUT2D eigenvalue weighted by molar-refractivity contribution is 7.92. The lowest BCUT2D eigenvalue weighted by atomic mass is 10.2. The van der Waals surface area contributed by atoms with Crippen LogP contribution in [0.2, 0.25) is 0 Å². The summed E-state index contributed by atoms with van der Waals surface area (Å²) in [5, 5.41) is 2.73. The molecule has 1 amide bonds. The molecule has 0 aromatic heterocycles. The normalized spacial score (nSPS) is 12.1. The van der Waals surface area contributed by atoms with E-state index in [-0.39, 0.29) is 16.5 Å². The number of sulfonamides is 1. The van der Waals surface area contributed by atoms with Gasteiger partial charge in [0.2, 0.25) is 0 Å². The third kappa shape index (κ3) is 5.57. The third-order valence-electron chi connectivity index (χ3n) is 4.21. The van der Waals surface area contributed by atoms with E-state index in [0.717, 1.165) is 12.1 Å². The molecule has 0 aliphatic carbocycles. The molecular formula is C22H21FN2O4S. The molecular weight excluding hydrogens is 407 g/mol. The zero-order valence-electron chi connectivity index (χ0n) is 16.2. The first kappa shape index (κ1) is 21.3. The Labute approximate surface area is 174 Å². The van der Waals surface area contributed by atoms with Crippen molar-refractivity contribution in [2.75, 3.05) is 10.0 Å². The van der Waals surface area contributed by atoms with Crippen LogP contribution in [0.4, 0.5) is 15.8 Å². The first-order chi connectivity index (χ1) is 14.4. The minimum atomic E-state index is -3.84.